The molecule has 0 aromatic heterocycles. The molecule has 0 aliphatic rings. The van der Waals surface area contributed by atoms with Crippen molar-refractivity contribution in [3.63, 3.8) is 0 Å². The minimum absolute atomic E-state index is 0. The zero-order chi connectivity index (χ0) is 16.5. The summed E-state index contributed by atoms with van der Waals surface area (Å²) in [6, 6.07) is 16.7. The van der Waals surface area contributed by atoms with Gasteiger partial charge in [-0.05, 0) is 5.56 Å². The Morgan fingerprint density at radius 3 is 2.25 bits per heavy atom. The average Bonchev–Trinajstić information content (AvgIpc) is 2.62. The van der Waals surface area contributed by atoms with Gasteiger partial charge in [-0.25, -0.2) is 4.79 Å². The number of ketones is 1. The topological polar surface area (TPSA) is 55.4 Å². The van der Waals surface area contributed by atoms with Gasteiger partial charge in [-0.15, -0.1) is 17.0 Å². The van der Waals surface area contributed by atoms with E-state index in [0.717, 1.165) is 11.6 Å². The van der Waals surface area contributed by atoms with E-state index in [0.29, 0.717) is 30.8 Å². The summed E-state index contributed by atoms with van der Waals surface area (Å²) in [5, 5.41) is 3.17. The van der Waals surface area contributed by atoms with Gasteiger partial charge in [-0.1, -0.05) is 61.2 Å². The highest BCUT2D eigenvalue weighted by Gasteiger charge is 2.07. The first-order valence-electron chi connectivity index (χ1n) is 7.39. The number of benzene rings is 2. The van der Waals surface area contributed by atoms with Crippen LogP contribution >= 0.6 is 17.0 Å². The van der Waals surface area contributed by atoms with Crippen molar-refractivity contribution in [1.29, 1.82) is 0 Å². The highest BCUT2D eigenvalue weighted by atomic mass is 79.9. The molecule has 0 bridgehead atoms. The van der Waals surface area contributed by atoms with Gasteiger partial charge < -0.3 is 10.1 Å². The fourth-order valence-corrected chi connectivity index (χ4v) is 2.05. The summed E-state index contributed by atoms with van der Waals surface area (Å²) in [7, 11) is 0. The van der Waals surface area contributed by atoms with Gasteiger partial charge in [0.15, 0.2) is 5.78 Å². The maximum atomic E-state index is 12.3. The van der Waals surface area contributed by atoms with E-state index in [4.69, 9.17) is 4.74 Å². The van der Waals surface area contributed by atoms with Crippen LogP contribution in [0.3, 0.4) is 0 Å². The molecular weight excluding hydrogens is 370 g/mol. The number of esters is 1. The largest absolute Gasteiger partial charge is 0.461 e. The Hall–Kier alpha value is -2.24. The molecule has 0 spiro atoms. The van der Waals surface area contributed by atoms with E-state index in [1.807, 2.05) is 54.6 Å². The first kappa shape index (κ1) is 19.8. The second kappa shape index (κ2) is 10.5. The maximum absolute atomic E-state index is 12.3. The van der Waals surface area contributed by atoms with Crippen LogP contribution in [0.1, 0.15) is 21.5 Å². The minimum Gasteiger partial charge on any atom is -0.461 e. The number of nitrogens with one attached hydrogen (secondary N) is 1. The number of hydrogen-bond donors (Lipinski definition) is 1. The molecular formula is C19H20BrNO3. The maximum Gasteiger partial charge on any atom is 0.330 e. The Balaban J connectivity index is 0.00000288. The third-order valence-corrected chi connectivity index (χ3v) is 3.27. The van der Waals surface area contributed by atoms with Gasteiger partial charge in [0.25, 0.3) is 0 Å². The van der Waals surface area contributed by atoms with Crippen molar-refractivity contribution in [3.8, 4) is 0 Å². The van der Waals surface area contributed by atoms with Crippen LogP contribution < -0.4 is 5.32 Å². The first-order valence-corrected chi connectivity index (χ1v) is 7.39. The monoisotopic (exact) mass is 389 g/mol. The lowest BCUT2D eigenvalue weighted by atomic mass is 10.0. The van der Waals surface area contributed by atoms with Crippen LogP contribution in [-0.4, -0.2) is 24.9 Å². The molecule has 2 aromatic rings. The minimum atomic E-state index is -0.421. The smallest absolute Gasteiger partial charge is 0.330 e. The van der Waals surface area contributed by atoms with E-state index in [1.54, 1.807) is 0 Å². The zero-order valence-corrected chi connectivity index (χ0v) is 14.9. The van der Waals surface area contributed by atoms with Crippen molar-refractivity contribution < 1.29 is 14.3 Å². The normalized spacial score (nSPS) is 9.67. The number of carbonyl (C=O) groups is 2. The van der Waals surface area contributed by atoms with Crippen molar-refractivity contribution >= 4 is 28.7 Å². The zero-order valence-electron chi connectivity index (χ0n) is 13.2. The predicted molar refractivity (Wildman–Crippen MR) is 99.5 cm³/mol. The van der Waals surface area contributed by atoms with Crippen molar-refractivity contribution in [1.82, 2.24) is 5.32 Å². The van der Waals surface area contributed by atoms with E-state index in [2.05, 4.69) is 11.9 Å². The Morgan fingerprint density at radius 1 is 1.00 bits per heavy atom. The summed E-state index contributed by atoms with van der Waals surface area (Å²) in [6.07, 6.45) is 1.14. The number of halogens is 1. The van der Waals surface area contributed by atoms with Crippen molar-refractivity contribution in [2.24, 2.45) is 0 Å². The van der Waals surface area contributed by atoms with E-state index in [1.165, 1.54) is 0 Å². The van der Waals surface area contributed by atoms with Crippen LogP contribution in [0.5, 0.6) is 0 Å². The molecule has 0 saturated carbocycles. The highest BCUT2D eigenvalue weighted by Crippen LogP contribution is 2.11. The van der Waals surface area contributed by atoms with Gasteiger partial charge in [0.05, 0.1) is 0 Å². The fourth-order valence-electron chi connectivity index (χ4n) is 2.05. The quantitative estimate of drug-likeness (QED) is 0.325. The van der Waals surface area contributed by atoms with Gasteiger partial charge in [-0.2, -0.15) is 0 Å². The van der Waals surface area contributed by atoms with Gasteiger partial charge >= 0.3 is 5.97 Å². The molecule has 24 heavy (non-hydrogen) atoms. The summed E-state index contributed by atoms with van der Waals surface area (Å²) < 4.78 is 4.86. The summed E-state index contributed by atoms with van der Waals surface area (Å²) in [6.45, 7) is 4.83. The van der Waals surface area contributed by atoms with Crippen molar-refractivity contribution in [2.45, 2.75) is 6.54 Å². The molecule has 2 rings (SSSR count). The summed E-state index contributed by atoms with van der Waals surface area (Å²) >= 11 is 0. The van der Waals surface area contributed by atoms with E-state index in [-0.39, 0.29) is 22.8 Å². The van der Waals surface area contributed by atoms with Crippen LogP contribution in [0.15, 0.2) is 67.3 Å². The second-order valence-corrected chi connectivity index (χ2v) is 4.94. The van der Waals surface area contributed by atoms with E-state index in [9.17, 15) is 9.59 Å². The number of hydrogen-bond acceptors (Lipinski definition) is 4. The third kappa shape index (κ3) is 6.10. The summed E-state index contributed by atoms with van der Waals surface area (Å²) in [4.78, 5) is 23.1. The first-order chi connectivity index (χ1) is 11.2. The molecule has 0 saturated heterocycles. The Labute approximate surface area is 152 Å². The fraction of sp³-hybridized carbons (Fsp3) is 0.158. The molecule has 0 radical (unpaired) electrons. The summed E-state index contributed by atoms with van der Waals surface area (Å²) in [5.41, 5.74) is 2.41. The molecule has 2 aromatic carbocycles. The lowest BCUT2D eigenvalue weighted by Gasteiger charge is -2.06. The Kier molecular flexibility index (Phi) is 8.68. The van der Waals surface area contributed by atoms with Crippen LogP contribution in [0.4, 0.5) is 0 Å². The third-order valence-electron chi connectivity index (χ3n) is 3.27. The van der Waals surface area contributed by atoms with Gasteiger partial charge in [0.2, 0.25) is 0 Å². The van der Waals surface area contributed by atoms with Crippen LogP contribution in [-0.2, 0) is 16.1 Å². The molecule has 126 valence electrons. The lowest BCUT2D eigenvalue weighted by Crippen LogP contribution is -2.20. The van der Waals surface area contributed by atoms with E-state index >= 15 is 0 Å². The summed E-state index contributed by atoms with van der Waals surface area (Å²) in [5.74, 6) is -0.406. The molecule has 0 aliphatic heterocycles. The van der Waals surface area contributed by atoms with Gasteiger partial charge in [0.1, 0.15) is 6.61 Å². The van der Waals surface area contributed by atoms with Crippen LogP contribution in [0.25, 0.3) is 0 Å². The van der Waals surface area contributed by atoms with Gasteiger partial charge in [0, 0.05) is 30.3 Å². The Bertz CT molecular complexity index is 669. The molecule has 1 N–H and O–H groups in total. The number of rotatable bonds is 8. The van der Waals surface area contributed by atoms with Crippen molar-refractivity contribution in [3.05, 3.63) is 83.9 Å². The van der Waals surface area contributed by atoms with Crippen molar-refractivity contribution in [2.75, 3.05) is 13.2 Å². The average molecular weight is 390 g/mol. The standard InChI is InChI=1S/C19H19NO3.BrH/c1-2-18(21)23-13-12-20-14-15-8-10-17(11-9-15)19(22)16-6-4-3-5-7-16;/h2-11,20H,1,12-14H2;1H. The van der Waals surface area contributed by atoms with Crippen LogP contribution in [0.2, 0.25) is 0 Å². The van der Waals surface area contributed by atoms with Gasteiger partial charge in [-0.3, -0.25) is 4.79 Å². The van der Waals surface area contributed by atoms with E-state index < -0.39 is 5.97 Å². The molecule has 0 amide bonds. The molecule has 5 heteroatoms. The van der Waals surface area contributed by atoms with Crippen LogP contribution in [0, 0.1) is 0 Å². The lowest BCUT2D eigenvalue weighted by molar-refractivity contribution is -0.137. The predicted octanol–water partition coefficient (Wildman–Crippen LogP) is 3.31. The Morgan fingerprint density at radius 2 is 1.62 bits per heavy atom. The number of ether oxygens (including phenoxy) is 1. The SMILES string of the molecule is Br.C=CC(=O)OCCNCc1ccc(C(=O)c2ccccc2)cc1. The number of carbonyl (C=O) groups excluding carboxylic acids is 2. The molecule has 0 atom stereocenters. The molecule has 4 nitrogen and oxygen atoms in total. The molecule has 0 heterocycles. The second-order valence-electron chi connectivity index (χ2n) is 4.94. The molecule has 0 fully saturated rings. The molecule has 0 aliphatic carbocycles. The molecule has 0 unspecified atom stereocenters. The highest BCUT2D eigenvalue weighted by molar-refractivity contribution is 8.93.